The van der Waals surface area contributed by atoms with Crippen LogP contribution in [0.4, 0.5) is 10.1 Å². The summed E-state index contributed by atoms with van der Waals surface area (Å²) in [6.45, 7) is 4.12. The smallest absolute Gasteiger partial charge is 0.129 e. The maximum absolute atomic E-state index is 13.6. The van der Waals surface area contributed by atoms with E-state index in [4.69, 9.17) is 5.73 Å². The second-order valence-electron chi connectivity index (χ2n) is 4.88. The summed E-state index contributed by atoms with van der Waals surface area (Å²) in [6, 6.07) is 4.78. The lowest BCUT2D eigenvalue weighted by molar-refractivity contribution is 0.0317. The van der Waals surface area contributed by atoms with Crippen molar-refractivity contribution in [1.29, 1.82) is 0 Å². The zero-order valence-corrected chi connectivity index (χ0v) is 10.1. The second kappa shape index (κ2) is 5.02. The first-order valence-electron chi connectivity index (χ1n) is 6.01. The standard InChI is InChI=1S/C13H19FN2O/c1-9-7-16(6-5-13(9)17)8-10-11(14)3-2-4-12(10)15/h2-4,9,13,17H,5-8,15H2,1H3. The Hall–Kier alpha value is -1.13. The molecule has 1 fully saturated rings. The summed E-state index contributed by atoms with van der Waals surface area (Å²) >= 11 is 0. The van der Waals surface area contributed by atoms with E-state index in [0.717, 1.165) is 19.5 Å². The Balaban J connectivity index is 2.06. The van der Waals surface area contributed by atoms with Gasteiger partial charge >= 0.3 is 0 Å². The molecule has 1 aromatic rings. The van der Waals surface area contributed by atoms with Crippen molar-refractivity contribution in [3.8, 4) is 0 Å². The summed E-state index contributed by atoms with van der Waals surface area (Å²) in [5.41, 5.74) is 6.85. The molecule has 0 saturated carbocycles. The van der Waals surface area contributed by atoms with E-state index in [2.05, 4.69) is 4.90 Å². The van der Waals surface area contributed by atoms with Crippen molar-refractivity contribution in [2.75, 3.05) is 18.8 Å². The number of benzene rings is 1. The van der Waals surface area contributed by atoms with Gasteiger partial charge in [-0.2, -0.15) is 0 Å². The SMILES string of the molecule is CC1CN(Cc2c(N)cccc2F)CCC1O. The number of halogens is 1. The van der Waals surface area contributed by atoms with E-state index in [-0.39, 0.29) is 17.8 Å². The van der Waals surface area contributed by atoms with E-state index in [1.807, 2.05) is 6.92 Å². The molecule has 1 saturated heterocycles. The van der Waals surface area contributed by atoms with Gasteiger partial charge in [0.05, 0.1) is 6.10 Å². The lowest BCUT2D eigenvalue weighted by atomic mass is 9.96. The molecule has 2 rings (SSSR count). The van der Waals surface area contributed by atoms with Crippen molar-refractivity contribution < 1.29 is 9.50 Å². The Kier molecular flexibility index (Phi) is 3.64. The fourth-order valence-electron chi connectivity index (χ4n) is 2.33. The Morgan fingerprint density at radius 1 is 1.53 bits per heavy atom. The van der Waals surface area contributed by atoms with Crippen molar-refractivity contribution in [2.45, 2.75) is 26.0 Å². The average Bonchev–Trinajstić information content (AvgIpc) is 2.28. The van der Waals surface area contributed by atoms with Crippen molar-refractivity contribution in [1.82, 2.24) is 4.90 Å². The molecule has 0 amide bonds. The monoisotopic (exact) mass is 238 g/mol. The van der Waals surface area contributed by atoms with Gasteiger partial charge in [-0.1, -0.05) is 13.0 Å². The summed E-state index contributed by atoms with van der Waals surface area (Å²) in [5.74, 6) is -0.0134. The van der Waals surface area contributed by atoms with Crippen LogP contribution in [0, 0.1) is 11.7 Å². The highest BCUT2D eigenvalue weighted by Crippen LogP contribution is 2.22. The third-order valence-electron chi connectivity index (χ3n) is 3.48. The number of nitrogen functional groups attached to an aromatic ring is 1. The fourth-order valence-corrected chi connectivity index (χ4v) is 2.33. The summed E-state index contributed by atoms with van der Waals surface area (Å²) in [7, 11) is 0. The van der Waals surface area contributed by atoms with Gasteiger partial charge in [-0.15, -0.1) is 0 Å². The van der Waals surface area contributed by atoms with Crippen LogP contribution in [-0.2, 0) is 6.54 Å². The Labute approximate surface area is 101 Å². The van der Waals surface area contributed by atoms with E-state index < -0.39 is 0 Å². The molecule has 0 bridgehead atoms. The highest BCUT2D eigenvalue weighted by molar-refractivity contribution is 5.47. The predicted molar refractivity (Wildman–Crippen MR) is 65.9 cm³/mol. The molecule has 94 valence electrons. The van der Waals surface area contributed by atoms with Crippen LogP contribution in [-0.4, -0.2) is 29.2 Å². The maximum atomic E-state index is 13.6. The van der Waals surface area contributed by atoms with E-state index in [9.17, 15) is 9.50 Å². The zero-order valence-electron chi connectivity index (χ0n) is 10.1. The molecule has 3 N–H and O–H groups in total. The Morgan fingerprint density at radius 3 is 2.94 bits per heavy atom. The highest BCUT2D eigenvalue weighted by atomic mass is 19.1. The number of rotatable bonds is 2. The molecule has 0 aliphatic carbocycles. The fraction of sp³-hybridized carbons (Fsp3) is 0.538. The molecule has 2 unspecified atom stereocenters. The number of piperidine rings is 1. The average molecular weight is 238 g/mol. The van der Waals surface area contributed by atoms with Crippen LogP contribution in [0.1, 0.15) is 18.9 Å². The molecular weight excluding hydrogens is 219 g/mol. The quantitative estimate of drug-likeness (QED) is 0.770. The van der Waals surface area contributed by atoms with Gasteiger partial charge in [-0.05, 0) is 24.5 Å². The van der Waals surface area contributed by atoms with Crippen molar-refractivity contribution in [2.24, 2.45) is 5.92 Å². The van der Waals surface area contributed by atoms with Crippen LogP contribution in [0.15, 0.2) is 18.2 Å². The first kappa shape index (κ1) is 12.3. The third kappa shape index (κ3) is 2.76. The van der Waals surface area contributed by atoms with Crippen LogP contribution >= 0.6 is 0 Å². The van der Waals surface area contributed by atoms with Crippen molar-refractivity contribution >= 4 is 5.69 Å². The van der Waals surface area contributed by atoms with Crippen LogP contribution in [0.5, 0.6) is 0 Å². The van der Waals surface area contributed by atoms with Crippen LogP contribution in [0.3, 0.4) is 0 Å². The number of likely N-dealkylation sites (tertiary alicyclic amines) is 1. The minimum Gasteiger partial charge on any atom is -0.398 e. The lowest BCUT2D eigenvalue weighted by Gasteiger charge is -2.34. The summed E-state index contributed by atoms with van der Waals surface area (Å²) in [5, 5.41) is 9.65. The van der Waals surface area contributed by atoms with Crippen LogP contribution < -0.4 is 5.73 Å². The lowest BCUT2D eigenvalue weighted by Crippen LogP contribution is -2.41. The summed E-state index contributed by atoms with van der Waals surface area (Å²) in [4.78, 5) is 2.14. The summed E-state index contributed by atoms with van der Waals surface area (Å²) < 4.78 is 13.6. The van der Waals surface area contributed by atoms with Gasteiger partial charge in [0, 0.05) is 30.9 Å². The van der Waals surface area contributed by atoms with E-state index >= 15 is 0 Å². The van der Waals surface area contributed by atoms with Gasteiger partial charge in [0.25, 0.3) is 0 Å². The number of hydrogen-bond donors (Lipinski definition) is 2. The molecule has 0 radical (unpaired) electrons. The number of aliphatic hydroxyl groups is 1. The molecule has 1 aliphatic heterocycles. The number of nitrogens with zero attached hydrogens (tertiary/aromatic N) is 1. The molecule has 2 atom stereocenters. The molecule has 17 heavy (non-hydrogen) atoms. The number of hydrogen-bond acceptors (Lipinski definition) is 3. The predicted octanol–water partition coefficient (Wildman–Crippen LogP) is 1.61. The Bertz CT molecular complexity index is 377. The molecular formula is C13H19FN2O. The van der Waals surface area contributed by atoms with E-state index in [0.29, 0.717) is 17.8 Å². The number of anilines is 1. The molecule has 1 heterocycles. The molecule has 4 heteroatoms. The van der Waals surface area contributed by atoms with Gasteiger partial charge in [-0.3, -0.25) is 4.90 Å². The zero-order chi connectivity index (χ0) is 12.4. The molecule has 0 aromatic heterocycles. The normalized spacial score (nSPS) is 26.1. The molecule has 0 spiro atoms. The van der Waals surface area contributed by atoms with E-state index in [1.54, 1.807) is 12.1 Å². The van der Waals surface area contributed by atoms with Gasteiger partial charge < -0.3 is 10.8 Å². The Morgan fingerprint density at radius 2 is 2.29 bits per heavy atom. The van der Waals surface area contributed by atoms with Crippen molar-refractivity contribution in [3.63, 3.8) is 0 Å². The molecule has 3 nitrogen and oxygen atoms in total. The van der Waals surface area contributed by atoms with Gasteiger partial charge in [0.2, 0.25) is 0 Å². The summed E-state index contributed by atoms with van der Waals surface area (Å²) in [6.07, 6.45) is 0.513. The van der Waals surface area contributed by atoms with Crippen molar-refractivity contribution in [3.05, 3.63) is 29.6 Å². The first-order valence-corrected chi connectivity index (χ1v) is 6.01. The highest BCUT2D eigenvalue weighted by Gasteiger charge is 2.24. The number of nitrogens with two attached hydrogens (primary N) is 1. The van der Waals surface area contributed by atoms with Crippen LogP contribution in [0.2, 0.25) is 0 Å². The third-order valence-corrected chi connectivity index (χ3v) is 3.48. The van der Waals surface area contributed by atoms with Crippen LogP contribution in [0.25, 0.3) is 0 Å². The van der Waals surface area contributed by atoms with Gasteiger partial charge in [0.1, 0.15) is 5.82 Å². The number of aliphatic hydroxyl groups excluding tert-OH is 1. The first-order chi connectivity index (χ1) is 8.08. The topological polar surface area (TPSA) is 49.5 Å². The van der Waals surface area contributed by atoms with E-state index in [1.165, 1.54) is 6.07 Å². The minimum absolute atomic E-state index is 0.232. The largest absolute Gasteiger partial charge is 0.398 e. The molecule has 1 aliphatic rings. The second-order valence-corrected chi connectivity index (χ2v) is 4.88. The van der Waals surface area contributed by atoms with Gasteiger partial charge in [-0.25, -0.2) is 4.39 Å². The molecule has 1 aromatic carbocycles. The maximum Gasteiger partial charge on any atom is 0.129 e. The van der Waals surface area contributed by atoms with Gasteiger partial charge in [0.15, 0.2) is 0 Å². The minimum atomic E-state index is -0.247.